The molecule has 0 spiro atoms. The fraction of sp³-hybridized carbons (Fsp3) is 0.286. The quantitative estimate of drug-likeness (QED) is 0.441. The summed E-state index contributed by atoms with van der Waals surface area (Å²) in [6, 6.07) is 8.31. The second-order valence-electron chi connectivity index (χ2n) is 7.38. The third kappa shape index (κ3) is 2.38. The Morgan fingerprint density at radius 1 is 1.07 bits per heavy atom. The highest BCUT2D eigenvalue weighted by Crippen LogP contribution is 2.43. The molecular formula is C21H18N6OS. The molecule has 0 fully saturated rings. The lowest BCUT2D eigenvalue weighted by Gasteiger charge is -2.20. The number of hydrogen-bond donors (Lipinski definition) is 0. The molecule has 0 aliphatic heterocycles. The lowest BCUT2D eigenvalue weighted by atomic mass is 9.87. The molecule has 0 bridgehead atoms. The third-order valence-corrected chi connectivity index (χ3v) is 6.79. The fourth-order valence-electron chi connectivity index (χ4n) is 4.36. The second kappa shape index (κ2) is 6.18. The van der Waals surface area contributed by atoms with E-state index in [2.05, 4.69) is 27.7 Å². The first kappa shape index (κ1) is 16.8. The molecule has 0 radical (unpaired) electrons. The molecule has 144 valence electrons. The summed E-state index contributed by atoms with van der Waals surface area (Å²) in [7, 11) is 1.69. The van der Waals surface area contributed by atoms with Crippen LogP contribution in [0.1, 0.15) is 29.9 Å². The Bertz CT molecular complexity index is 1400. The Hall–Kier alpha value is -3.13. The number of hydrogen-bond acceptors (Lipinski definition) is 7. The summed E-state index contributed by atoms with van der Waals surface area (Å²) in [6.07, 6.45) is 4.45. The zero-order chi connectivity index (χ0) is 19.5. The largest absolute Gasteiger partial charge is 0.497 e. The van der Waals surface area contributed by atoms with Gasteiger partial charge in [0, 0.05) is 11.1 Å². The van der Waals surface area contributed by atoms with Gasteiger partial charge >= 0.3 is 0 Å². The van der Waals surface area contributed by atoms with Crippen LogP contribution in [0.15, 0.2) is 24.3 Å². The minimum Gasteiger partial charge on any atom is -0.497 e. The normalized spacial score (nSPS) is 14.0. The number of thiophene rings is 1. The molecule has 0 saturated heterocycles. The van der Waals surface area contributed by atoms with Crippen LogP contribution < -0.4 is 4.74 Å². The van der Waals surface area contributed by atoms with Crippen molar-refractivity contribution < 1.29 is 4.74 Å². The van der Waals surface area contributed by atoms with E-state index in [1.807, 2.05) is 19.1 Å². The summed E-state index contributed by atoms with van der Waals surface area (Å²) in [5.74, 6) is 1.63. The SMILES string of the molecule is COc1ccc(-c2c3c(nc4sc5c(nc(C)n6nnnc56)c24)CCCC3)cc1. The minimum atomic E-state index is 0.745. The zero-order valence-electron chi connectivity index (χ0n) is 16.1. The van der Waals surface area contributed by atoms with Crippen molar-refractivity contribution in [1.29, 1.82) is 0 Å². The number of aryl methyl sites for hydroxylation is 2. The van der Waals surface area contributed by atoms with E-state index >= 15 is 0 Å². The second-order valence-corrected chi connectivity index (χ2v) is 8.38. The van der Waals surface area contributed by atoms with Crippen LogP contribution in [0.4, 0.5) is 0 Å². The van der Waals surface area contributed by atoms with Crippen molar-refractivity contribution in [2.75, 3.05) is 7.11 Å². The van der Waals surface area contributed by atoms with Gasteiger partial charge in [-0.05, 0) is 71.9 Å². The Morgan fingerprint density at radius 3 is 2.72 bits per heavy atom. The number of aromatic nitrogens is 6. The Kier molecular flexibility index (Phi) is 3.58. The van der Waals surface area contributed by atoms with Gasteiger partial charge in [-0.3, -0.25) is 0 Å². The molecule has 5 aromatic rings. The molecule has 8 heteroatoms. The summed E-state index contributed by atoms with van der Waals surface area (Å²) in [5, 5.41) is 13.3. The van der Waals surface area contributed by atoms with E-state index in [9.17, 15) is 0 Å². The van der Waals surface area contributed by atoms with E-state index in [0.29, 0.717) is 0 Å². The average molecular weight is 402 g/mol. The number of tetrazole rings is 1. The van der Waals surface area contributed by atoms with E-state index < -0.39 is 0 Å². The topological polar surface area (TPSA) is 78.1 Å². The number of nitrogens with zero attached hydrogens (tertiary/aromatic N) is 6. The van der Waals surface area contributed by atoms with Crippen LogP contribution in [0.5, 0.6) is 5.75 Å². The van der Waals surface area contributed by atoms with Crippen molar-refractivity contribution in [1.82, 2.24) is 30.0 Å². The summed E-state index contributed by atoms with van der Waals surface area (Å²) < 4.78 is 8.05. The predicted octanol–water partition coefficient (Wildman–Crippen LogP) is 4.15. The highest BCUT2D eigenvalue weighted by Gasteiger charge is 2.24. The average Bonchev–Trinajstić information content (AvgIpc) is 3.38. The van der Waals surface area contributed by atoms with Gasteiger partial charge in [-0.25, -0.2) is 9.97 Å². The molecule has 4 aromatic heterocycles. The highest BCUT2D eigenvalue weighted by atomic mass is 32.1. The van der Waals surface area contributed by atoms with E-state index in [-0.39, 0.29) is 0 Å². The van der Waals surface area contributed by atoms with Gasteiger partial charge in [-0.2, -0.15) is 4.52 Å². The van der Waals surface area contributed by atoms with Gasteiger partial charge in [-0.1, -0.05) is 12.1 Å². The van der Waals surface area contributed by atoms with Crippen molar-refractivity contribution in [3.8, 4) is 16.9 Å². The van der Waals surface area contributed by atoms with Crippen LogP contribution in [0.25, 0.3) is 37.2 Å². The first-order valence-corrected chi connectivity index (χ1v) is 10.5. The maximum Gasteiger partial charge on any atom is 0.200 e. The standard InChI is InChI=1S/C21H18N6OS/c1-11-22-18-17-16(12-7-9-13(28-2)10-8-12)14-5-3-4-6-15(14)23-21(17)29-19(18)20-24-25-26-27(11)20/h7-10H,3-6H2,1-2H3. The molecule has 0 N–H and O–H groups in total. The van der Waals surface area contributed by atoms with E-state index in [1.165, 1.54) is 35.2 Å². The van der Waals surface area contributed by atoms with Gasteiger partial charge < -0.3 is 4.74 Å². The molecule has 7 nitrogen and oxygen atoms in total. The zero-order valence-corrected chi connectivity index (χ0v) is 17.0. The summed E-state index contributed by atoms with van der Waals surface area (Å²) in [5.41, 5.74) is 6.68. The van der Waals surface area contributed by atoms with Gasteiger partial charge in [0.15, 0.2) is 0 Å². The molecule has 29 heavy (non-hydrogen) atoms. The number of ether oxygens (including phenoxy) is 1. The van der Waals surface area contributed by atoms with Gasteiger partial charge in [0.05, 0.1) is 12.6 Å². The number of methoxy groups -OCH3 is 1. The molecule has 1 aliphatic carbocycles. The predicted molar refractivity (Wildman–Crippen MR) is 113 cm³/mol. The van der Waals surface area contributed by atoms with E-state index in [1.54, 1.807) is 23.0 Å². The van der Waals surface area contributed by atoms with E-state index in [4.69, 9.17) is 14.7 Å². The van der Waals surface area contributed by atoms with Crippen molar-refractivity contribution in [2.24, 2.45) is 0 Å². The number of rotatable bonds is 2. The minimum absolute atomic E-state index is 0.745. The van der Waals surface area contributed by atoms with Gasteiger partial charge in [0.25, 0.3) is 0 Å². The van der Waals surface area contributed by atoms with Crippen LogP contribution in [-0.4, -0.2) is 37.1 Å². The van der Waals surface area contributed by atoms with Crippen molar-refractivity contribution in [3.63, 3.8) is 0 Å². The molecule has 0 unspecified atom stereocenters. The molecule has 1 aromatic carbocycles. The number of benzene rings is 1. The molecule has 4 heterocycles. The Balaban J connectivity index is 1.78. The van der Waals surface area contributed by atoms with Crippen molar-refractivity contribution in [3.05, 3.63) is 41.3 Å². The molecule has 1 aliphatic rings. The van der Waals surface area contributed by atoms with Gasteiger partial charge in [0.1, 0.15) is 21.1 Å². The summed E-state index contributed by atoms with van der Waals surface area (Å²) >= 11 is 1.63. The molecular weight excluding hydrogens is 384 g/mol. The Morgan fingerprint density at radius 2 is 1.90 bits per heavy atom. The molecule has 6 rings (SSSR count). The van der Waals surface area contributed by atoms with Gasteiger partial charge in [-0.15, -0.1) is 16.4 Å². The van der Waals surface area contributed by atoms with Gasteiger partial charge in [0.2, 0.25) is 5.65 Å². The molecule has 0 saturated carbocycles. The lowest BCUT2D eigenvalue weighted by molar-refractivity contribution is 0.415. The number of pyridine rings is 1. The van der Waals surface area contributed by atoms with Crippen LogP contribution in [-0.2, 0) is 12.8 Å². The fourth-order valence-corrected chi connectivity index (χ4v) is 5.47. The number of fused-ring (bicyclic) bond motifs is 6. The van der Waals surface area contributed by atoms with Crippen LogP contribution >= 0.6 is 11.3 Å². The van der Waals surface area contributed by atoms with Crippen molar-refractivity contribution >= 4 is 37.4 Å². The van der Waals surface area contributed by atoms with Crippen LogP contribution in [0, 0.1) is 6.92 Å². The highest BCUT2D eigenvalue weighted by molar-refractivity contribution is 7.26. The monoisotopic (exact) mass is 402 g/mol. The Labute approximate surface area is 170 Å². The van der Waals surface area contributed by atoms with E-state index in [0.717, 1.165) is 50.5 Å². The van der Waals surface area contributed by atoms with Crippen molar-refractivity contribution in [2.45, 2.75) is 32.6 Å². The summed E-state index contributed by atoms with van der Waals surface area (Å²) in [6.45, 7) is 1.94. The lowest BCUT2D eigenvalue weighted by Crippen LogP contribution is -2.07. The first-order chi connectivity index (χ1) is 14.2. The molecule has 0 amide bonds. The third-order valence-electron chi connectivity index (χ3n) is 5.72. The maximum absolute atomic E-state index is 5.37. The molecule has 0 atom stereocenters. The van der Waals surface area contributed by atoms with Crippen LogP contribution in [0.2, 0.25) is 0 Å². The summed E-state index contributed by atoms with van der Waals surface area (Å²) in [4.78, 5) is 11.0. The first-order valence-electron chi connectivity index (χ1n) is 9.71. The van der Waals surface area contributed by atoms with Crippen LogP contribution in [0.3, 0.4) is 0 Å². The maximum atomic E-state index is 5.37. The smallest absolute Gasteiger partial charge is 0.200 e.